The summed E-state index contributed by atoms with van der Waals surface area (Å²) in [5, 5.41) is 4.90. The van der Waals surface area contributed by atoms with Crippen molar-refractivity contribution in [2.45, 2.75) is 78.4 Å². The Hall–Kier alpha value is -1.77. The minimum Gasteiger partial charge on any atom is -0.473 e. The van der Waals surface area contributed by atoms with Gasteiger partial charge in [-0.25, -0.2) is 4.68 Å². The van der Waals surface area contributed by atoms with Gasteiger partial charge in [0, 0.05) is 6.07 Å². The molecule has 25 heavy (non-hydrogen) atoms. The van der Waals surface area contributed by atoms with Crippen LogP contribution in [0.15, 0.2) is 30.3 Å². The van der Waals surface area contributed by atoms with Crippen molar-refractivity contribution in [3.8, 4) is 5.88 Å². The fraction of sp³-hybridized carbons (Fsp3) is 0.591. The first-order valence-corrected chi connectivity index (χ1v) is 9.94. The maximum Gasteiger partial charge on any atom is 0.212 e. The molecule has 0 radical (unpaired) electrons. The summed E-state index contributed by atoms with van der Waals surface area (Å²) in [6.07, 6.45) is 8.88. The Morgan fingerprint density at radius 3 is 2.72 bits per heavy atom. The molecule has 0 spiro atoms. The van der Waals surface area contributed by atoms with Crippen molar-refractivity contribution in [1.82, 2.24) is 9.78 Å². The molecule has 1 saturated carbocycles. The fourth-order valence-electron chi connectivity index (χ4n) is 3.98. The van der Waals surface area contributed by atoms with Gasteiger partial charge >= 0.3 is 0 Å². The molecule has 0 amide bonds. The Morgan fingerprint density at radius 1 is 1.20 bits per heavy atom. The summed E-state index contributed by atoms with van der Waals surface area (Å²) in [6, 6.07) is 11.1. The van der Waals surface area contributed by atoms with Crippen molar-refractivity contribution in [2.75, 3.05) is 0 Å². The zero-order valence-electron chi connectivity index (χ0n) is 16.0. The second kappa shape index (κ2) is 8.55. The summed E-state index contributed by atoms with van der Waals surface area (Å²) in [7, 11) is 0. The highest BCUT2D eigenvalue weighted by atomic mass is 16.5. The van der Waals surface area contributed by atoms with Crippen LogP contribution >= 0.6 is 0 Å². The van der Waals surface area contributed by atoms with Gasteiger partial charge in [-0.2, -0.15) is 5.10 Å². The van der Waals surface area contributed by atoms with Crippen LogP contribution in [0.25, 0.3) is 0 Å². The highest BCUT2D eigenvalue weighted by molar-refractivity contribution is 5.23. The van der Waals surface area contributed by atoms with Gasteiger partial charge in [-0.05, 0) is 44.6 Å². The number of rotatable bonds is 7. The lowest BCUT2D eigenvalue weighted by Crippen LogP contribution is -2.21. The minimum absolute atomic E-state index is 0.415. The van der Waals surface area contributed by atoms with Gasteiger partial charge < -0.3 is 4.74 Å². The lowest BCUT2D eigenvalue weighted by molar-refractivity contribution is 0.209. The summed E-state index contributed by atoms with van der Waals surface area (Å²) < 4.78 is 8.38. The Balaban J connectivity index is 1.76. The highest BCUT2D eigenvalue weighted by Crippen LogP contribution is 2.35. The molecule has 1 aromatic carbocycles. The van der Waals surface area contributed by atoms with Crippen LogP contribution in [-0.2, 0) is 13.0 Å². The molecule has 3 nitrogen and oxygen atoms in total. The quantitative estimate of drug-likeness (QED) is 0.631. The summed E-state index contributed by atoms with van der Waals surface area (Å²) in [5.74, 6) is 1.66. The standard InChI is InChI=1S/C22H32N2O/c1-4-9-21-15-22(25-16-19-11-8-10-17(2)14-19)24(23-21)18(3)20-12-6-5-7-13-20/h8,10-11,14-15,18,20H,4-7,9,12-13,16H2,1-3H3. The number of hydrogen-bond donors (Lipinski definition) is 0. The molecule has 1 aliphatic rings. The van der Waals surface area contributed by atoms with Crippen LogP contribution in [0.3, 0.4) is 0 Å². The van der Waals surface area contributed by atoms with Crippen molar-refractivity contribution in [3.05, 3.63) is 47.2 Å². The Labute approximate surface area is 152 Å². The summed E-state index contributed by atoms with van der Waals surface area (Å²) in [6.45, 7) is 7.25. The third kappa shape index (κ3) is 4.65. The van der Waals surface area contributed by atoms with Crippen LogP contribution in [0.5, 0.6) is 5.88 Å². The maximum atomic E-state index is 6.22. The predicted octanol–water partition coefficient (Wildman–Crippen LogP) is 5.86. The number of hydrogen-bond acceptors (Lipinski definition) is 2. The maximum absolute atomic E-state index is 6.22. The molecule has 0 bridgehead atoms. The topological polar surface area (TPSA) is 27.1 Å². The van der Waals surface area contributed by atoms with E-state index in [4.69, 9.17) is 9.84 Å². The normalized spacial score (nSPS) is 16.8. The molecule has 1 aromatic heterocycles. The summed E-state index contributed by atoms with van der Waals surface area (Å²) in [4.78, 5) is 0. The van der Waals surface area contributed by atoms with Crippen molar-refractivity contribution >= 4 is 0 Å². The number of aryl methyl sites for hydroxylation is 2. The third-order valence-corrected chi connectivity index (χ3v) is 5.45. The van der Waals surface area contributed by atoms with Crippen LogP contribution in [0.1, 0.15) is 75.2 Å². The average Bonchev–Trinajstić information content (AvgIpc) is 3.03. The smallest absolute Gasteiger partial charge is 0.212 e. The van der Waals surface area contributed by atoms with Crippen molar-refractivity contribution < 1.29 is 4.74 Å². The molecule has 0 saturated heterocycles. The number of aromatic nitrogens is 2. The van der Waals surface area contributed by atoms with E-state index in [2.05, 4.69) is 55.8 Å². The zero-order chi connectivity index (χ0) is 17.6. The lowest BCUT2D eigenvalue weighted by atomic mass is 9.85. The van der Waals surface area contributed by atoms with Gasteiger partial charge in [0.1, 0.15) is 6.61 Å². The highest BCUT2D eigenvalue weighted by Gasteiger charge is 2.24. The molecule has 3 heteroatoms. The first-order valence-electron chi connectivity index (χ1n) is 9.94. The van der Waals surface area contributed by atoms with E-state index in [1.165, 1.54) is 43.2 Å². The molecule has 1 unspecified atom stereocenters. The lowest BCUT2D eigenvalue weighted by Gasteiger charge is -2.28. The fourth-order valence-corrected chi connectivity index (χ4v) is 3.98. The van der Waals surface area contributed by atoms with Crippen LogP contribution in [0, 0.1) is 12.8 Å². The molecular formula is C22H32N2O. The molecule has 3 rings (SSSR count). The zero-order valence-corrected chi connectivity index (χ0v) is 16.0. The minimum atomic E-state index is 0.415. The first-order chi connectivity index (χ1) is 12.2. The van der Waals surface area contributed by atoms with Crippen molar-refractivity contribution in [3.63, 3.8) is 0 Å². The largest absolute Gasteiger partial charge is 0.473 e. The predicted molar refractivity (Wildman–Crippen MR) is 103 cm³/mol. The number of ether oxygens (including phenoxy) is 1. The monoisotopic (exact) mass is 340 g/mol. The van der Waals surface area contributed by atoms with Crippen molar-refractivity contribution in [2.24, 2.45) is 5.92 Å². The average molecular weight is 341 g/mol. The van der Waals surface area contributed by atoms with E-state index in [1.807, 2.05) is 0 Å². The second-order valence-electron chi connectivity index (χ2n) is 7.58. The third-order valence-electron chi connectivity index (χ3n) is 5.45. The van der Waals surface area contributed by atoms with Crippen LogP contribution in [0.2, 0.25) is 0 Å². The van der Waals surface area contributed by atoms with E-state index in [1.54, 1.807) is 0 Å². The van der Waals surface area contributed by atoms with Gasteiger partial charge in [0.25, 0.3) is 0 Å². The van der Waals surface area contributed by atoms with E-state index in [0.717, 1.165) is 30.3 Å². The van der Waals surface area contributed by atoms with Gasteiger partial charge in [-0.3, -0.25) is 0 Å². The first kappa shape index (κ1) is 18.0. The summed E-state index contributed by atoms with van der Waals surface area (Å²) in [5.41, 5.74) is 3.65. The number of nitrogens with zero attached hydrogens (tertiary/aromatic N) is 2. The number of benzene rings is 1. The molecule has 1 aliphatic carbocycles. The van der Waals surface area contributed by atoms with E-state index >= 15 is 0 Å². The van der Waals surface area contributed by atoms with Crippen LogP contribution < -0.4 is 4.74 Å². The Bertz CT molecular complexity index is 670. The van der Waals surface area contributed by atoms with Crippen LogP contribution in [-0.4, -0.2) is 9.78 Å². The SMILES string of the molecule is CCCc1cc(OCc2cccc(C)c2)n(C(C)C2CCCCC2)n1. The van der Waals surface area contributed by atoms with E-state index in [-0.39, 0.29) is 0 Å². The van der Waals surface area contributed by atoms with E-state index in [0.29, 0.717) is 12.6 Å². The Kier molecular flexibility index (Phi) is 6.17. The van der Waals surface area contributed by atoms with Gasteiger partial charge in [0.05, 0.1) is 11.7 Å². The van der Waals surface area contributed by atoms with Gasteiger partial charge in [0.15, 0.2) is 0 Å². The molecule has 0 aliphatic heterocycles. The van der Waals surface area contributed by atoms with Gasteiger partial charge in [-0.15, -0.1) is 0 Å². The van der Waals surface area contributed by atoms with Crippen molar-refractivity contribution in [1.29, 1.82) is 0 Å². The molecule has 1 heterocycles. The van der Waals surface area contributed by atoms with Gasteiger partial charge in [-0.1, -0.05) is 62.4 Å². The molecule has 136 valence electrons. The van der Waals surface area contributed by atoms with Gasteiger partial charge in [0.2, 0.25) is 5.88 Å². The van der Waals surface area contributed by atoms with E-state index < -0.39 is 0 Å². The second-order valence-corrected chi connectivity index (χ2v) is 7.58. The Morgan fingerprint density at radius 2 is 2.00 bits per heavy atom. The molecule has 1 fully saturated rings. The summed E-state index contributed by atoms with van der Waals surface area (Å²) >= 11 is 0. The molecule has 0 N–H and O–H groups in total. The van der Waals surface area contributed by atoms with E-state index in [9.17, 15) is 0 Å². The van der Waals surface area contributed by atoms with Crippen LogP contribution in [0.4, 0.5) is 0 Å². The molecule has 2 aromatic rings. The molecule has 1 atom stereocenters. The molecular weight excluding hydrogens is 308 g/mol.